The number of aryl methyl sites for hydroxylation is 2. The zero-order valence-corrected chi connectivity index (χ0v) is 9.44. The van der Waals surface area contributed by atoms with Crippen LogP contribution in [0.2, 0.25) is 0 Å². The average Bonchev–Trinajstić information content (AvgIpc) is 2.29. The first-order valence-electron chi connectivity index (χ1n) is 5.27. The lowest BCUT2D eigenvalue weighted by molar-refractivity contribution is 0.920. The highest BCUT2D eigenvalue weighted by atomic mass is 15.2. The summed E-state index contributed by atoms with van der Waals surface area (Å²) in [5.74, 6) is 1.02. The van der Waals surface area contributed by atoms with Gasteiger partial charge in [-0.25, -0.2) is 4.98 Å². The van der Waals surface area contributed by atoms with Gasteiger partial charge in [0.1, 0.15) is 11.5 Å². The van der Waals surface area contributed by atoms with E-state index in [0.717, 1.165) is 12.0 Å². The monoisotopic (exact) mass is 214 g/mol. The van der Waals surface area contributed by atoms with Crippen LogP contribution in [0.5, 0.6) is 0 Å². The van der Waals surface area contributed by atoms with Gasteiger partial charge in [-0.1, -0.05) is 31.2 Å². The largest absolute Gasteiger partial charge is 0.382 e. The van der Waals surface area contributed by atoms with Crippen molar-refractivity contribution < 1.29 is 0 Å². The maximum Gasteiger partial charge on any atom is 0.154 e. The molecule has 1 aromatic heterocycles. The quantitative estimate of drug-likeness (QED) is 0.830. The van der Waals surface area contributed by atoms with Gasteiger partial charge in [-0.3, -0.25) is 0 Å². The number of nitrogens with zero attached hydrogens (tertiary/aromatic N) is 3. The van der Waals surface area contributed by atoms with E-state index in [1.807, 2.05) is 12.1 Å². The van der Waals surface area contributed by atoms with Gasteiger partial charge < -0.3 is 5.73 Å². The van der Waals surface area contributed by atoms with Gasteiger partial charge >= 0.3 is 0 Å². The molecule has 0 saturated heterocycles. The first-order valence-corrected chi connectivity index (χ1v) is 5.27. The Balaban J connectivity index is 2.42. The zero-order valence-electron chi connectivity index (χ0n) is 9.44. The van der Waals surface area contributed by atoms with Crippen molar-refractivity contribution in [1.29, 1.82) is 0 Å². The summed E-state index contributed by atoms with van der Waals surface area (Å²) in [5.41, 5.74) is 8.70. The molecule has 0 spiro atoms. The highest BCUT2D eigenvalue weighted by molar-refractivity contribution is 5.69. The van der Waals surface area contributed by atoms with E-state index in [4.69, 9.17) is 5.73 Å². The van der Waals surface area contributed by atoms with Crippen LogP contribution in [0.15, 0.2) is 24.3 Å². The Bertz CT molecular complexity index is 491. The third kappa shape index (κ3) is 2.00. The molecule has 0 radical (unpaired) electrons. The SMILES string of the molecule is CCc1ccc(-c2nnc(C)nc2N)cc1. The number of nitrogens with two attached hydrogens (primary N) is 1. The molecule has 2 rings (SSSR count). The molecule has 4 nitrogen and oxygen atoms in total. The second-order valence-electron chi connectivity index (χ2n) is 3.64. The molecule has 0 aliphatic heterocycles. The second-order valence-corrected chi connectivity index (χ2v) is 3.64. The predicted octanol–water partition coefficient (Wildman–Crippen LogP) is 1.99. The van der Waals surface area contributed by atoms with Crippen molar-refractivity contribution in [3.05, 3.63) is 35.7 Å². The van der Waals surface area contributed by atoms with E-state index in [1.54, 1.807) is 6.92 Å². The van der Waals surface area contributed by atoms with E-state index in [-0.39, 0.29) is 0 Å². The molecule has 1 aromatic carbocycles. The van der Waals surface area contributed by atoms with Gasteiger partial charge in [-0.2, -0.15) is 0 Å². The fourth-order valence-electron chi connectivity index (χ4n) is 1.53. The molecule has 82 valence electrons. The number of aromatic nitrogens is 3. The number of hydrogen-bond acceptors (Lipinski definition) is 4. The fourth-order valence-corrected chi connectivity index (χ4v) is 1.53. The smallest absolute Gasteiger partial charge is 0.154 e. The number of rotatable bonds is 2. The molecule has 0 saturated carbocycles. The molecule has 0 amide bonds. The Labute approximate surface area is 94.6 Å². The number of anilines is 1. The van der Waals surface area contributed by atoms with Crippen LogP contribution in [0.1, 0.15) is 18.3 Å². The van der Waals surface area contributed by atoms with E-state index < -0.39 is 0 Å². The molecule has 0 bridgehead atoms. The molecule has 2 aromatic rings. The van der Waals surface area contributed by atoms with Gasteiger partial charge in [0.05, 0.1) is 0 Å². The first-order chi connectivity index (χ1) is 7.70. The Morgan fingerprint density at radius 2 is 1.81 bits per heavy atom. The minimum Gasteiger partial charge on any atom is -0.382 e. The Morgan fingerprint density at radius 3 is 2.38 bits per heavy atom. The summed E-state index contributed by atoms with van der Waals surface area (Å²) < 4.78 is 0. The van der Waals surface area contributed by atoms with Crippen molar-refractivity contribution in [2.75, 3.05) is 5.73 Å². The average molecular weight is 214 g/mol. The maximum absolute atomic E-state index is 5.81. The van der Waals surface area contributed by atoms with E-state index in [9.17, 15) is 0 Å². The summed E-state index contributed by atoms with van der Waals surface area (Å²) in [6, 6.07) is 8.12. The summed E-state index contributed by atoms with van der Waals surface area (Å²) in [7, 11) is 0. The third-order valence-corrected chi connectivity index (χ3v) is 2.46. The van der Waals surface area contributed by atoms with Gasteiger partial charge in [0.25, 0.3) is 0 Å². The van der Waals surface area contributed by atoms with Crippen LogP contribution in [0.3, 0.4) is 0 Å². The molecule has 0 atom stereocenters. The van der Waals surface area contributed by atoms with Crippen LogP contribution in [-0.4, -0.2) is 15.2 Å². The van der Waals surface area contributed by atoms with Crippen molar-refractivity contribution in [2.45, 2.75) is 20.3 Å². The molecule has 0 aliphatic carbocycles. The van der Waals surface area contributed by atoms with Gasteiger partial charge in [-0.05, 0) is 18.9 Å². The standard InChI is InChI=1S/C12H14N4/c1-3-9-4-6-10(7-5-9)11-12(13)14-8(2)15-16-11/h4-7H,3H2,1-2H3,(H2,13,14,15). The summed E-state index contributed by atoms with van der Waals surface area (Å²) >= 11 is 0. The highest BCUT2D eigenvalue weighted by Gasteiger charge is 2.06. The van der Waals surface area contributed by atoms with Crippen molar-refractivity contribution in [3.8, 4) is 11.3 Å². The normalized spacial score (nSPS) is 10.4. The lowest BCUT2D eigenvalue weighted by atomic mass is 10.1. The van der Waals surface area contributed by atoms with E-state index in [1.165, 1.54) is 5.56 Å². The van der Waals surface area contributed by atoms with Gasteiger partial charge in [0.2, 0.25) is 0 Å². The summed E-state index contributed by atoms with van der Waals surface area (Å²) in [6.45, 7) is 3.89. The Morgan fingerprint density at radius 1 is 1.12 bits per heavy atom. The zero-order chi connectivity index (χ0) is 11.5. The van der Waals surface area contributed by atoms with Crippen molar-refractivity contribution in [2.24, 2.45) is 0 Å². The van der Waals surface area contributed by atoms with Gasteiger partial charge in [0, 0.05) is 5.56 Å². The summed E-state index contributed by atoms with van der Waals surface area (Å²) in [4.78, 5) is 4.10. The fraction of sp³-hybridized carbons (Fsp3) is 0.250. The minimum atomic E-state index is 0.428. The number of nitrogen functional groups attached to an aromatic ring is 1. The third-order valence-electron chi connectivity index (χ3n) is 2.46. The second kappa shape index (κ2) is 4.26. The van der Waals surface area contributed by atoms with E-state index in [2.05, 4.69) is 34.2 Å². The molecular formula is C12H14N4. The lowest BCUT2D eigenvalue weighted by Gasteiger charge is -2.04. The molecule has 0 fully saturated rings. The van der Waals surface area contributed by atoms with Gasteiger partial charge in [-0.15, -0.1) is 10.2 Å². The van der Waals surface area contributed by atoms with Crippen molar-refractivity contribution >= 4 is 5.82 Å². The Hall–Kier alpha value is -1.97. The van der Waals surface area contributed by atoms with Crippen LogP contribution in [-0.2, 0) is 6.42 Å². The van der Waals surface area contributed by atoms with Crippen molar-refractivity contribution in [1.82, 2.24) is 15.2 Å². The van der Waals surface area contributed by atoms with Crippen LogP contribution in [0.25, 0.3) is 11.3 Å². The maximum atomic E-state index is 5.81. The molecular weight excluding hydrogens is 200 g/mol. The molecule has 4 heteroatoms. The molecule has 2 N–H and O–H groups in total. The van der Waals surface area contributed by atoms with E-state index >= 15 is 0 Å². The molecule has 0 aliphatic rings. The van der Waals surface area contributed by atoms with Crippen molar-refractivity contribution in [3.63, 3.8) is 0 Å². The highest BCUT2D eigenvalue weighted by Crippen LogP contribution is 2.21. The van der Waals surface area contributed by atoms with Crippen LogP contribution < -0.4 is 5.73 Å². The number of hydrogen-bond donors (Lipinski definition) is 1. The van der Waals surface area contributed by atoms with E-state index in [0.29, 0.717) is 17.3 Å². The summed E-state index contributed by atoms with van der Waals surface area (Å²) in [6.07, 6.45) is 1.02. The minimum absolute atomic E-state index is 0.428. The predicted molar refractivity (Wildman–Crippen MR) is 63.8 cm³/mol. The Kier molecular flexibility index (Phi) is 2.81. The molecule has 1 heterocycles. The number of benzene rings is 1. The van der Waals surface area contributed by atoms with Crippen LogP contribution >= 0.6 is 0 Å². The van der Waals surface area contributed by atoms with Gasteiger partial charge in [0.15, 0.2) is 5.82 Å². The molecule has 0 unspecified atom stereocenters. The topological polar surface area (TPSA) is 64.7 Å². The first kappa shape index (κ1) is 10.5. The lowest BCUT2D eigenvalue weighted by Crippen LogP contribution is -2.02. The molecule has 16 heavy (non-hydrogen) atoms. The van der Waals surface area contributed by atoms with Crippen LogP contribution in [0, 0.1) is 6.92 Å². The summed E-state index contributed by atoms with van der Waals surface area (Å²) in [5, 5.41) is 7.98. The van der Waals surface area contributed by atoms with Crippen LogP contribution in [0.4, 0.5) is 5.82 Å².